The monoisotopic (exact) mass is 215 g/mol. The van der Waals surface area contributed by atoms with Gasteiger partial charge in [0.1, 0.15) is 0 Å². The van der Waals surface area contributed by atoms with Gasteiger partial charge < -0.3 is 5.32 Å². The Morgan fingerprint density at radius 3 is 3.00 bits per heavy atom. The average Bonchev–Trinajstić information content (AvgIpc) is 2.69. The molecule has 0 saturated heterocycles. The van der Waals surface area contributed by atoms with Gasteiger partial charge in [0.15, 0.2) is 0 Å². The Balaban J connectivity index is 2.47. The number of thioether (sulfide) groups is 1. The molecule has 0 aliphatic heterocycles. The lowest BCUT2D eigenvalue weighted by molar-refractivity contribution is 0.0929. The molecule has 78 valence electrons. The summed E-state index contributed by atoms with van der Waals surface area (Å²) in [5.41, 5.74) is 0. The van der Waals surface area contributed by atoms with Crippen LogP contribution in [0.4, 0.5) is 0 Å². The number of tetrazole rings is 1. The summed E-state index contributed by atoms with van der Waals surface area (Å²) in [6.45, 7) is 2.03. The van der Waals surface area contributed by atoms with Crippen LogP contribution in [0.15, 0.2) is 0 Å². The highest BCUT2D eigenvalue weighted by Crippen LogP contribution is 2.01. The summed E-state index contributed by atoms with van der Waals surface area (Å²) < 4.78 is 0. The molecule has 1 amide bonds. The maximum absolute atomic E-state index is 11.4. The van der Waals surface area contributed by atoms with Gasteiger partial charge in [-0.15, -0.1) is 10.2 Å². The third kappa shape index (κ3) is 2.99. The minimum Gasteiger partial charge on any atom is -0.346 e. The predicted octanol–water partition coefficient (Wildman–Crippen LogP) is 0.0711. The second-order valence-corrected chi connectivity index (χ2v) is 3.68. The molecule has 0 saturated carbocycles. The van der Waals surface area contributed by atoms with E-state index in [1.807, 2.05) is 13.2 Å². The summed E-state index contributed by atoms with van der Waals surface area (Å²) in [5, 5.41) is 15.6. The lowest BCUT2D eigenvalue weighted by Crippen LogP contribution is -2.36. The third-order valence-corrected chi connectivity index (χ3v) is 2.48. The minimum absolute atomic E-state index is 0.0875. The van der Waals surface area contributed by atoms with Gasteiger partial charge in [0.05, 0.1) is 0 Å². The van der Waals surface area contributed by atoms with E-state index in [0.717, 1.165) is 12.2 Å². The molecule has 6 nitrogen and oxygen atoms in total. The van der Waals surface area contributed by atoms with Gasteiger partial charge in [-0.25, -0.2) is 0 Å². The number of aromatic nitrogens is 4. The van der Waals surface area contributed by atoms with Crippen LogP contribution < -0.4 is 5.32 Å². The number of aromatic amines is 1. The second kappa shape index (κ2) is 5.58. The van der Waals surface area contributed by atoms with Crippen LogP contribution in [0.3, 0.4) is 0 Å². The Hall–Kier alpha value is -1.11. The van der Waals surface area contributed by atoms with Crippen LogP contribution in [0, 0.1) is 0 Å². The van der Waals surface area contributed by atoms with Crippen molar-refractivity contribution in [2.75, 3.05) is 12.0 Å². The molecule has 1 heterocycles. The summed E-state index contributed by atoms with van der Waals surface area (Å²) in [7, 11) is 0. The van der Waals surface area contributed by atoms with E-state index < -0.39 is 0 Å². The highest BCUT2D eigenvalue weighted by Gasteiger charge is 2.14. The van der Waals surface area contributed by atoms with Crippen LogP contribution in [0.25, 0.3) is 0 Å². The SMILES string of the molecule is CCC(CSC)NC(=O)c1nn[nH]n1. The fourth-order valence-electron chi connectivity index (χ4n) is 0.971. The van der Waals surface area contributed by atoms with E-state index in [9.17, 15) is 4.79 Å². The van der Waals surface area contributed by atoms with E-state index in [2.05, 4.69) is 25.9 Å². The summed E-state index contributed by atoms with van der Waals surface area (Å²) in [6, 6.07) is 0.163. The number of nitrogens with one attached hydrogen (secondary N) is 2. The lowest BCUT2D eigenvalue weighted by atomic mass is 10.2. The molecule has 2 N–H and O–H groups in total. The first-order valence-corrected chi connectivity index (χ1v) is 5.70. The van der Waals surface area contributed by atoms with Gasteiger partial charge in [-0.2, -0.15) is 17.0 Å². The highest BCUT2D eigenvalue weighted by atomic mass is 32.2. The Morgan fingerprint density at radius 1 is 1.71 bits per heavy atom. The number of carbonyl (C=O) groups is 1. The fourth-order valence-corrected chi connectivity index (χ4v) is 1.69. The molecule has 0 aliphatic rings. The molecule has 0 aliphatic carbocycles. The maximum atomic E-state index is 11.4. The molecule has 1 aromatic rings. The molecule has 1 aromatic heterocycles. The van der Waals surface area contributed by atoms with Crippen molar-refractivity contribution >= 4 is 17.7 Å². The van der Waals surface area contributed by atoms with Crippen LogP contribution in [0.5, 0.6) is 0 Å². The molecule has 0 fully saturated rings. The topological polar surface area (TPSA) is 83.6 Å². The van der Waals surface area contributed by atoms with Crippen molar-refractivity contribution in [2.24, 2.45) is 0 Å². The average molecular weight is 215 g/mol. The number of hydrogen-bond donors (Lipinski definition) is 2. The van der Waals surface area contributed by atoms with Crippen LogP contribution in [-0.4, -0.2) is 44.6 Å². The molecule has 1 rings (SSSR count). The largest absolute Gasteiger partial charge is 0.346 e. The highest BCUT2D eigenvalue weighted by molar-refractivity contribution is 7.98. The maximum Gasteiger partial charge on any atom is 0.293 e. The van der Waals surface area contributed by atoms with Gasteiger partial charge in [-0.1, -0.05) is 6.92 Å². The van der Waals surface area contributed by atoms with Gasteiger partial charge in [-0.3, -0.25) is 4.79 Å². The standard InChI is InChI=1S/C7H13N5OS/c1-3-5(4-14-2)8-7(13)6-9-11-12-10-6/h5H,3-4H2,1-2H3,(H,8,13)(H,9,10,11,12). The normalized spacial score (nSPS) is 12.4. The molecule has 7 heteroatoms. The molecule has 14 heavy (non-hydrogen) atoms. The van der Waals surface area contributed by atoms with Gasteiger partial charge in [-0.05, 0) is 17.9 Å². The summed E-state index contributed by atoms with van der Waals surface area (Å²) in [5.74, 6) is 0.698. The second-order valence-electron chi connectivity index (χ2n) is 2.77. The molecule has 0 radical (unpaired) electrons. The van der Waals surface area contributed by atoms with E-state index in [0.29, 0.717) is 0 Å². The number of rotatable bonds is 5. The number of amides is 1. The van der Waals surface area contributed by atoms with Crippen LogP contribution in [0.2, 0.25) is 0 Å². The van der Waals surface area contributed by atoms with Crippen molar-refractivity contribution in [3.63, 3.8) is 0 Å². The van der Waals surface area contributed by atoms with Crippen LogP contribution >= 0.6 is 11.8 Å². The Bertz CT molecular complexity index is 276. The van der Waals surface area contributed by atoms with E-state index in [1.54, 1.807) is 11.8 Å². The van der Waals surface area contributed by atoms with Gasteiger partial charge in [0, 0.05) is 11.8 Å². The molecule has 0 bridgehead atoms. The molecule has 0 spiro atoms. The number of carbonyl (C=O) groups excluding carboxylic acids is 1. The van der Waals surface area contributed by atoms with E-state index >= 15 is 0 Å². The fraction of sp³-hybridized carbons (Fsp3) is 0.714. The Morgan fingerprint density at radius 2 is 2.50 bits per heavy atom. The smallest absolute Gasteiger partial charge is 0.293 e. The van der Waals surface area contributed by atoms with Crippen molar-refractivity contribution in [3.05, 3.63) is 5.82 Å². The number of H-pyrrole nitrogens is 1. The minimum atomic E-state index is -0.278. The third-order valence-electron chi connectivity index (χ3n) is 1.74. The van der Waals surface area contributed by atoms with E-state index in [1.165, 1.54) is 0 Å². The van der Waals surface area contributed by atoms with Crippen molar-refractivity contribution in [3.8, 4) is 0 Å². The first kappa shape index (κ1) is 11.0. The summed E-state index contributed by atoms with van der Waals surface area (Å²) in [4.78, 5) is 11.4. The molecular weight excluding hydrogens is 202 g/mol. The Labute approximate surface area is 86.2 Å². The van der Waals surface area contributed by atoms with Crippen LogP contribution in [-0.2, 0) is 0 Å². The van der Waals surface area contributed by atoms with Crippen molar-refractivity contribution in [2.45, 2.75) is 19.4 Å². The zero-order chi connectivity index (χ0) is 10.4. The Kier molecular flexibility index (Phi) is 4.37. The molecule has 0 aromatic carbocycles. The van der Waals surface area contributed by atoms with Gasteiger partial charge in [0.25, 0.3) is 11.7 Å². The molecule has 1 unspecified atom stereocenters. The predicted molar refractivity (Wildman–Crippen MR) is 54.1 cm³/mol. The summed E-state index contributed by atoms with van der Waals surface area (Å²) >= 11 is 1.69. The van der Waals surface area contributed by atoms with E-state index in [-0.39, 0.29) is 17.8 Å². The molecular formula is C7H13N5OS. The number of nitrogens with zero attached hydrogens (tertiary/aromatic N) is 3. The van der Waals surface area contributed by atoms with Crippen molar-refractivity contribution < 1.29 is 4.79 Å². The molecule has 1 atom stereocenters. The van der Waals surface area contributed by atoms with Crippen molar-refractivity contribution in [1.29, 1.82) is 0 Å². The lowest BCUT2D eigenvalue weighted by Gasteiger charge is -2.13. The van der Waals surface area contributed by atoms with Crippen LogP contribution in [0.1, 0.15) is 24.0 Å². The summed E-state index contributed by atoms with van der Waals surface area (Å²) in [6.07, 6.45) is 2.90. The zero-order valence-electron chi connectivity index (χ0n) is 8.15. The quantitative estimate of drug-likeness (QED) is 0.726. The first-order chi connectivity index (χ1) is 6.77. The van der Waals surface area contributed by atoms with E-state index in [4.69, 9.17) is 0 Å². The zero-order valence-corrected chi connectivity index (χ0v) is 8.97. The number of hydrogen-bond acceptors (Lipinski definition) is 5. The van der Waals surface area contributed by atoms with Crippen molar-refractivity contribution in [1.82, 2.24) is 25.9 Å². The first-order valence-electron chi connectivity index (χ1n) is 4.31. The van der Waals surface area contributed by atoms with Gasteiger partial charge in [0.2, 0.25) is 0 Å². The van der Waals surface area contributed by atoms with Gasteiger partial charge >= 0.3 is 0 Å².